The summed E-state index contributed by atoms with van der Waals surface area (Å²) < 4.78 is 0. The second kappa shape index (κ2) is 21.6. The van der Waals surface area contributed by atoms with E-state index in [9.17, 15) is 0 Å². The number of unbranched alkanes of at least 4 members (excludes halogenated alkanes) is 19. The molecule has 0 radical (unpaired) electrons. The van der Waals surface area contributed by atoms with Crippen molar-refractivity contribution >= 4 is 0 Å². The summed E-state index contributed by atoms with van der Waals surface area (Å²) in [4.78, 5) is 0. The van der Waals surface area contributed by atoms with E-state index in [4.69, 9.17) is 11.5 Å². The van der Waals surface area contributed by atoms with E-state index >= 15 is 0 Å². The first-order valence-electron chi connectivity index (χ1n) is 12.4. The molecule has 0 rings (SSSR count). The quantitative estimate of drug-likeness (QED) is 0.196. The van der Waals surface area contributed by atoms with Crippen LogP contribution in [0.15, 0.2) is 11.4 Å². The highest BCUT2D eigenvalue weighted by Gasteiger charge is 1.97. The third kappa shape index (κ3) is 21.5. The maximum atomic E-state index is 5.58. The number of allylic oxidation sites excluding steroid dienone is 1. The lowest BCUT2D eigenvalue weighted by atomic mass is 10.0. The molecule has 0 heterocycles. The predicted molar refractivity (Wildman–Crippen MR) is 124 cm³/mol. The lowest BCUT2D eigenvalue weighted by Crippen LogP contribution is -2.10. The number of hydrogen-bond donors (Lipinski definition) is 2. The minimum atomic E-state index is 0.521. The van der Waals surface area contributed by atoms with Gasteiger partial charge in [0, 0.05) is 0 Å². The van der Waals surface area contributed by atoms with Crippen LogP contribution < -0.4 is 11.5 Å². The molecule has 0 amide bonds. The van der Waals surface area contributed by atoms with Gasteiger partial charge in [0.2, 0.25) is 0 Å². The highest BCUT2D eigenvalue weighted by Crippen LogP contribution is 2.15. The number of hydrogen-bond acceptors (Lipinski definition) is 2. The molecule has 162 valence electrons. The van der Waals surface area contributed by atoms with Crippen molar-refractivity contribution in [2.45, 2.75) is 149 Å². The topological polar surface area (TPSA) is 52.0 Å². The van der Waals surface area contributed by atoms with E-state index < -0.39 is 0 Å². The van der Waals surface area contributed by atoms with Gasteiger partial charge in [0.25, 0.3) is 0 Å². The van der Waals surface area contributed by atoms with E-state index in [1.165, 1.54) is 128 Å². The summed E-state index contributed by atoms with van der Waals surface area (Å²) in [7, 11) is 0. The Hall–Kier alpha value is -0.660. The van der Waals surface area contributed by atoms with Gasteiger partial charge >= 0.3 is 0 Å². The van der Waals surface area contributed by atoms with Crippen molar-refractivity contribution in [2.24, 2.45) is 11.5 Å². The fraction of sp³-hybridized carbons (Fsp3) is 0.920. The SMILES string of the molecule is CCCCCCCCCCCCCCCCCCCCCCC(C)=C(N)N. The second-order valence-electron chi connectivity index (χ2n) is 8.70. The number of rotatable bonds is 21. The Bertz CT molecular complexity index is 318. The summed E-state index contributed by atoms with van der Waals surface area (Å²) in [5.74, 6) is 0.521. The summed E-state index contributed by atoms with van der Waals surface area (Å²) >= 11 is 0. The largest absolute Gasteiger partial charge is 0.386 e. The van der Waals surface area contributed by atoms with E-state index in [-0.39, 0.29) is 0 Å². The van der Waals surface area contributed by atoms with Gasteiger partial charge in [-0.2, -0.15) is 0 Å². The maximum absolute atomic E-state index is 5.58. The third-order valence-corrected chi connectivity index (χ3v) is 5.90. The zero-order valence-corrected chi connectivity index (χ0v) is 19.0. The second-order valence-corrected chi connectivity index (χ2v) is 8.70. The zero-order chi connectivity index (χ0) is 20.0. The van der Waals surface area contributed by atoms with Crippen LogP contribution >= 0.6 is 0 Å². The minimum Gasteiger partial charge on any atom is -0.386 e. The lowest BCUT2D eigenvalue weighted by molar-refractivity contribution is 0.521. The van der Waals surface area contributed by atoms with Crippen molar-refractivity contribution in [1.82, 2.24) is 0 Å². The van der Waals surface area contributed by atoms with Crippen LogP contribution in [0.5, 0.6) is 0 Å². The first kappa shape index (κ1) is 26.3. The predicted octanol–water partition coefficient (Wildman–Crippen LogP) is 8.35. The van der Waals surface area contributed by atoms with Gasteiger partial charge < -0.3 is 11.5 Å². The smallest absolute Gasteiger partial charge is 0.0922 e. The van der Waals surface area contributed by atoms with E-state index in [0.717, 1.165) is 12.0 Å². The van der Waals surface area contributed by atoms with Crippen molar-refractivity contribution < 1.29 is 0 Å². The van der Waals surface area contributed by atoms with Crippen LogP contribution in [0.25, 0.3) is 0 Å². The Morgan fingerprint density at radius 2 is 0.704 bits per heavy atom. The Morgan fingerprint density at radius 1 is 0.444 bits per heavy atom. The molecule has 2 heteroatoms. The van der Waals surface area contributed by atoms with Crippen LogP contribution in [0.3, 0.4) is 0 Å². The standard InChI is InChI=1S/C25H52N2/c1-3-4-5-6-7-8-9-10-11-12-13-14-15-16-17-18-19-20-21-22-23-24(2)25(26)27/h3-23,26-27H2,1-2H3. The molecule has 0 aliphatic rings. The van der Waals surface area contributed by atoms with Crippen molar-refractivity contribution in [3.05, 3.63) is 11.4 Å². The molecule has 0 bridgehead atoms. The molecule has 27 heavy (non-hydrogen) atoms. The van der Waals surface area contributed by atoms with Gasteiger partial charge in [-0.05, 0) is 25.3 Å². The number of nitrogens with two attached hydrogens (primary N) is 2. The molecule has 0 aliphatic heterocycles. The molecule has 4 N–H and O–H groups in total. The van der Waals surface area contributed by atoms with Crippen molar-refractivity contribution in [3.63, 3.8) is 0 Å². The Labute approximate surface area is 171 Å². The van der Waals surface area contributed by atoms with Gasteiger partial charge in [-0.25, -0.2) is 0 Å². The van der Waals surface area contributed by atoms with Crippen LogP contribution in [0.2, 0.25) is 0 Å². The maximum Gasteiger partial charge on any atom is 0.0922 e. The molecule has 0 saturated heterocycles. The van der Waals surface area contributed by atoms with Gasteiger partial charge in [-0.1, -0.05) is 129 Å². The van der Waals surface area contributed by atoms with Gasteiger partial charge in [0.15, 0.2) is 0 Å². The fourth-order valence-corrected chi connectivity index (χ4v) is 3.79. The monoisotopic (exact) mass is 380 g/mol. The van der Waals surface area contributed by atoms with Crippen molar-refractivity contribution in [2.75, 3.05) is 0 Å². The zero-order valence-electron chi connectivity index (χ0n) is 19.0. The van der Waals surface area contributed by atoms with Gasteiger partial charge in [-0.3, -0.25) is 0 Å². The van der Waals surface area contributed by atoms with Crippen LogP contribution in [-0.4, -0.2) is 0 Å². The van der Waals surface area contributed by atoms with Crippen LogP contribution in [0.1, 0.15) is 149 Å². The summed E-state index contributed by atoms with van der Waals surface area (Å²) in [6, 6.07) is 0. The summed E-state index contributed by atoms with van der Waals surface area (Å²) in [5.41, 5.74) is 12.3. The molecule has 0 fully saturated rings. The third-order valence-electron chi connectivity index (χ3n) is 5.90. The molecule has 0 aromatic carbocycles. The van der Waals surface area contributed by atoms with Gasteiger partial charge in [0.05, 0.1) is 5.82 Å². The molecule has 0 atom stereocenters. The molecule has 2 nitrogen and oxygen atoms in total. The normalized spacial score (nSPS) is 11.0. The minimum absolute atomic E-state index is 0.521. The molecule has 0 spiro atoms. The molecule has 0 aromatic heterocycles. The Kier molecular flexibility index (Phi) is 21.1. The van der Waals surface area contributed by atoms with Gasteiger partial charge in [0.1, 0.15) is 0 Å². The highest BCUT2D eigenvalue weighted by molar-refractivity contribution is 5.03. The lowest BCUT2D eigenvalue weighted by Gasteiger charge is -2.05. The average molecular weight is 381 g/mol. The molecular formula is C25H52N2. The summed E-state index contributed by atoms with van der Waals surface area (Å²) in [5, 5.41) is 0. The average Bonchev–Trinajstić information content (AvgIpc) is 2.66. The van der Waals surface area contributed by atoms with Crippen LogP contribution in [-0.2, 0) is 0 Å². The van der Waals surface area contributed by atoms with E-state index in [0.29, 0.717) is 5.82 Å². The summed E-state index contributed by atoms with van der Waals surface area (Å²) in [6.45, 7) is 4.34. The Morgan fingerprint density at radius 3 is 0.963 bits per heavy atom. The highest BCUT2D eigenvalue weighted by atomic mass is 14.8. The van der Waals surface area contributed by atoms with Crippen LogP contribution in [0.4, 0.5) is 0 Å². The van der Waals surface area contributed by atoms with Crippen LogP contribution in [0, 0.1) is 0 Å². The van der Waals surface area contributed by atoms with E-state index in [2.05, 4.69) is 6.92 Å². The summed E-state index contributed by atoms with van der Waals surface area (Å²) in [6.07, 6.45) is 29.6. The Balaban J connectivity index is 3.06. The molecule has 0 aliphatic carbocycles. The van der Waals surface area contributed by atoms with Crippen molar-refractivity contribution in [1.29, 1.82) is 0 Å². The van der Waals surface area contributed by atoms with E-state index in [1.54, 1.807) is 0 Å². The fourth-order valence-electron chi connectivity index (χ4n) is 3.79. The first-order chi connectivity index (χ1) is 13.2. The van der Waals surface area contributed by atoms with E-state index in [1.807, 2.05) is 6.92 Å². The molecular weight excluding hydrogens is 328 g/mol. The first-order valence-corrected chi connectivity index (χ1v) is 12.4. The molecule has 0 saturated carbocycles. The molecule has 0 unspecified atom stereocenters. The molecule has 0 aromatic rings. The van der Waals surface area contributed by atoms with Gasteiger partial charge in [-0.15, -0.1) is 0 Å². The van der Waals surface area contributed by atoms with Crippen molar-refractivity contribution in [3.8, 4) is 0 Å².